The van der Waals surface area contributed by atoms with Crippen LogP contribution in [0.1, 0.15) is 21.6 Å². The first-order valence-electron chi connectivity index (χ1n) is 6.00. The van der Waals surface area contributed by atoms with Gasteiger partial charge in [0, 0.05) is 11.2 Å². The van der Waals surface area contributed by atoms with Crippen molar-refractivity contribution >= 4 is 34.9 Å². The molecule has 0 spiro atoms. The van der Waals surface area contributed by atoms with Gasteiger partial charge in [0.25, 0.3) is 0 Å². The van der Waals surface area contributed by atoms with Crippen molar-refractivity contribution in [2.75, 3.05) is 12.8 Å². The second-order valence-corrected chi connectivity index (χ2v) is 5.23. The average Bonchev–Trinajstić information content (AvgIpc) is 2.84. The molecule has 6 nitrogen and oxygen atoms in total. The first-order valence-corrected chi connectivity index (χ1v) is 6.76. The molecule has 0 bridgehead atoms. The number of phenolic OH excluding ortho intramolecular Hbond substituents is 1. The fourth-order valence-electron chi connectivity index (χ4n) is 1.98. The number of halogens is 2. The van der Waals surface area contributed by atoms with Gasteiger partial charge in [-0.25, -0.2) is 4.79 Å². The van der Waals surface area contributed by atoms with Gasteiger partial charge in [-0.05, 0) is 18.6 Å². The highest BCUT2D eigenvalue weighted by Gasteiger charge is 2.24. The van der Waals surface area contributed by atoms with Crippen LogP contribution in [-0.2, 0) is 4.74 Å². The largest absolute Gasteiger partial charge is 0.504 e. The Balaban J connectivity index is 2.85. The minimum atomic E-state index is -0.758. The predicted octanol–water partition coefficient (Wildman–Crippen LogP) is 3.04. The number of aromatic hydroxyl groups is 1. The Kier molecular flexibility index (Phi) is 4.22. The number of nitrogen functional groups attached to an aromatic ring is 1. The zero-order valence-electron chi connectivity index (χ0n) is 11.6. The van der Waals surface area contributed by atoms with Crippen molar-refractivity contribution < 1.29 is 14.6 Å². The van der Waals surface area contributed by atoms with Crippen LogP contribution < -0.4 is 5.73 Å². The van der Waals surface area contributed by atoms with Gasteiger partial charge in [-0.2, -0.15) is 5.26 Å². The molecule has 0 atom stereocenters. The molecule has 0 radical (unpaired) electrons. The van der Waals surface area contributed by atoms with Crippen LogP contribution >= 0.6 is 23.2 Å². The summed E-state index contributed by atoms with van der Waals surface area (Å²) in [5.74, 6) is -1.04. The van der Waals surface area contributed by atoms with Crippen LogP contribution in [0.3, 0.4) is 0 Å². The summed E-state index contributed by atoms with van der Waals surface area (Å²) in [5, 5.41) is 19.6. The maximum absolute atomic E-state index is 11.9. The monoisotopic (exact) mass is 339 g/mol. The van der Waals surface area contributed by atoms with Crippen molar-refractivity contribution in [3.8, 4) is 17.5 Å². The fourth-order valence-corrected chi connectivity index (χ4v) is 2.42. The Morgan fingerprint density at radius 1 is 1.50 bits per heavy atom. The lowest BCUT2D eigenvalue weighted by atomic mass is 10.2. The highest BCUT2D eigenvalue weighted by Crippen LogP contribution is 2.39. The molecule has 0 aliphatic rings. The number of benzene rings is 1. The third-order valence-electron chi connectivity index (χ3n) is 3.20. The maximum Gasteiger partial charge on any atom is 0.357 e. The van der Waals surface area contributed by atoms with E-state index in [4.69, 9.17) is 34.2 Å². The van der Waals surface area contributed by atoms with Gasteiger partial charge in [0.05, 0.1) is 29.1 Å². The molecule has 0 unspecified atom stereocenters. The van der Waals surface area contributed by atoms with Gasteiger partial charge in [0.15, 0.2) is 11.4 Å². The van der Waals surface area contributed by atoms with Gasteiger partial charge in [0.1, 0.15) is 6.07 Å². The van der Waals surface area contributed by atoms with Crippen molar-refractivity contribution in [3.05, 3.63) is 39.1 Å². The van der Waals surface area contributed by atoms with Gasteiger partial charge in [-0.1, -0.05) is 23.2 Å². The van der Waals surface area contributed by atoms with Crippen LogP contribution in [0.15, 0.2) is 12.3 Å². The number of hydrogen-bond donors (Lipinski definition) is 2. The number of esters is 1. The molecule has 0 aliphatic carbocycles. The summed E-state index contributed by atoms with van der Waals surface area (Å²) < 4.78 is 5.89. The van der Waals surface area contributed by atoms with Crippen LogP contribution in [0, 0.1) is 18.3 Å². The van der Waals surface area contributed by atoms with Crippen molar-refractivity contribution in [1.82, 2.24) is 4.57 Å². The van der Waals surface area contributed by atoms with Gasteiger partial charge in [0.2, 0.25) is 0 Å². The molecule has 114 valence electrons. The SMILES string of the molecule is COC(=O)c1c(N)c(C#N)cn1-c1cc(Cl)c(C)c(Cl)c1O. The number of ether oxygens (including phenoxy) is 1. The van der Waals surface area contributed by atoms with E-state index in [-0.39, 0.29) is 33.4 Å². The number of anilines is 1. The minimum absolute atomic E-state index is 0.0455. The Labute approximate surface area is 136 Å². The quantitative estimate of drug-likeness (QED) is 0.818. The summed E-state index contributed by atoms with van der Waals surface area (Å²) in [6, 6.07) is 3.29. The molecule has 0 saturated heterocycles. The molecule has 3 N–H and O–H groups in total. The standard InChI is InChI=1S/C14H11Cl2N3O3/c1-6-8(15)3-9(13(20)10(6)16)19-5-7(4-17)11(18)12(19)14(21)22-2/h3,5,20H,18H2,1-2H3. The van der Waals surface area contributed by atoms with Crippen LogP contribution in [0.2, 0.25) is 10.0 Å². The van der Waals surface area contributed by atoms with Crippen LogP contribution in [0.4, 0.5) is 5.69 Å². The molecule has 1 aromatic heterocycles. The van der Waals surface area contributed by atoms with Crippen LogP contribution in [0.25, 0.3) is 5.69 Å². The zero-order chi connectivity index (χ0) is 16.6. The number of aromatic nitrogens is 1. The van der Waals surface area contributed by atoms with Gasteiger partial charge >= 0.3 is 5.97 Å². The number of nitrogens with zero attached hydrogens (tertiary/aromatic N) is 2. The molecule has 0 aliphatic heterocycles. The van der Waals surface area contributed by atoms with E-state index in [9.17, 15) is 9.90 Å². The number of carbonyl (C=O) groups excluding carboxylic acids is 1. The Morgan fingerprint density at radius 2 is 2.14 bits per heavy atom. The number of phenols is 1. The summed E-state index contributed by atoms with van der Waals surface area (Å²) in [6.07, 6.45) is 1.30. The molecule has 1 heterocycles. The molecule has 1 aromatic carbocycles. The summed E-state index contributed by atoms with van der Waals surface area (Å²) in [7, 11) is 1.18. The highest BCUT2D eigenvalue weighted by atomic mass is 35.5. The Hall–Kier alpha value is -2.36. The van der Waals surface area contributed by atoms with Crippen molar-refractivity contribution in [2.24, 2.45) is 0 Å². The maximum atomic E-state index is 11.9. The molecule has 22 heavy (non-hydrogen) atoms. The zero-order valence-corrected chi connectivity index (χ0v) is 13.2. The summed E-state index contributed by atoms with van der Waals surface area (Å²) in [6.45, 7) is 1.64. The third-order valence-corrected chi connectivity index (χ3v) is 4.06. The van der Waals surface area contributed by atoms with E-state index in [2.05, 4.69) is 4.74 Å². The average molecular weight is 340 g/mol. The fraction of sp³-hybridized carbons (Fsp3) is 0.143. The summed E-state index contributed by atoms with van der Waals surface area (Å²) >= 11 is 12.1. The van der Waals surface area contributed by atoms with E-state index in [0.29, 0.717) is 10.6 Å². The number of nitriles is 1. The summed E-state index contributed by atoms with van der Waals surface area (Å²) in [4.78, 5) is 11.9. The highest BCUT2D eigenvalue weighted by molar-refractivity contribution is 6.37. The van der Waals surface area contributed by atoms with E-state index >= 15 is 0 Å². The molecular weight excluding hydrogens is 329 g/mol. The van der Waals surface area contributed by atoms with Crippen LogP contribution in [0.5, 0.6) is 5.75 Å². The van der Waals surface area contributed by atoms with E-state index < -0.39 is 5.97 Å². The lowest BCUT2D eigenvalue weighted by molar-refractivity contribution is 0.0593. The van der Waals surface area contributed by atoms with Gasteiger partial charge in [-0.15, -0.1) is 0 Å². The van der Waals surface area contributed by atoms with E-state index in [1.54, 1.807) is 6.92 Å². The molecule has 2 aromatic rings. The molecule has 2 rings (SSSR count). The molecule has 0 saturated carbocycles. The smallest absolute Gasteiger partial charge is 0.357 e. The molecule has 8 heteroatoms. The first kappa shape index (κ1) is 16.0. The number of nitrogens with two attached hydrogens (primary N) is 1. The van der Waals surface area contributed by atoms with Crippen LogP contribution in [-0.4, -0.2) is 22.8 Å². The molecule has 0 fully saturated rings. The Morgan fingerprint density at radius 3 is 2.68 bits per heavy atom. The lowest BCUT2D eigenvalue weighted by Crippen LogP contribution is -2.11. The predicted molar refractivity (Wildman–Crippen MR) is 82.7 cm³/mol. The summed E-state index contributed by atoms with van der Waals surface area (Å²) in [5.41, 5.74) is 6.32. The van der Waals surface area contributed by atoms with Crippen molar-refractivity contribution in [2.45, 2.75) is 6.92 Å². The molecule has 0 amide bonds. The van der Waals surface area contributed by atoms with Crippen molar-refractivity contribution in [3.63, 3.8) is 0 Å². The number of rotatable bonds is 2. The van der Waals surface area contributed by atoms with E-state index in [1.165, 1.54) is 23.9 Å². The third kappa shape index (κ3) is 2.34. The second-order valence-electron chi connectivity index (χ2n) is 4.44. The number of hydrogen-bond acceptors (Lipinski definition) is 5. The van der Waals surface area contributed by atoms with Crippen molar-refractivity contribution in [1.29, 1.82) is 5.26 Å². The first-order chi connectivity index (χ1) is 10.3. The van der Waals surface area contributed by atoms with E-state index in [1.807, 2.05) is 6.07 Å². The topological polar surface area (TPSA) is 101 Å². The number of methoxy groups -OCH3 is 1. The van der Waals surface area contributed by atoms with E-state index in [0.717, 1.165) is 0 Å². The minimum Gasteiger partial charge on any atom is -0.504 e. The lowest BCUT2D eigenvalue weighted by Gasteiger charge is -2.13. The second kappa shape index (κ2) is 5.79. The Bertz CT molecular complexity index is 822. The normalized spacial score (nSPS) is 10.3. The van der Waals surface area contributed by atoms with Gasteiger partial charge in [-0.3, -0.25) is 0 Å². The van der Waals surface area contributed by atoms with Gasteiger partial charge < -0.3 is 20.1 Å². The number of carbonyl (C=O) groups is 1. The molecular formula is C14H11Cl2N3O3.